The van der Waals surface area contributed by atoms with Gasteiger partial charge in [-0.1, -0.05) is 13.0 Å². The number of carbonyl (C=O) groups is 1. The molecular formula is C21H22N4O6. The molecule has 0 fully saturated rings. The minimum atomic E-state index is -0.630. The molecule has 10 nitrogen and oxygen atoms in total. The van der Waals surface area contributed by atoms with Gasteiger partial charge in [-0.3, -0.25) is 14.2 Å². The third-order valence-electron chi connectivity index (χ3n) is 5.19. The number of amides is 1. The van der Waals surface area contributed by atoms with Gasteiger partial charge in [-0.05, 0) is 24.1 Å². The monoisotopic (exact) mass is 426 g/mol. The summed E-state index contributed by atoms with van der Waals surface area (Å²) in [7, 11) is 2.96. The standard InChI is InChI=1S/C21H22N4O6/c1-4-13-9-23-19-17(18(13)29-3)20(27)25(21(28)24(19)2)10-16(26)22-8-12-5-6-14-15(7-12)31-11-30-14/h5-7,9H,4,8,10-11H2,1-3H3,(H,22,26). The van der Waals surface area contributed by atoms with Gasteiger partial charge in [0.25, 0.3) is 5.56 Å². The van der Waals surface area contributed by atoms with Crippen molar-refractivity contribution >= 4 is 16.9 Å². The number of nitrogens with zero attached hydrogens (tertiary/aromatic N) is 3. The molecule has 0 spiro atoms. The van der Waals surface area contributed by atoms with Crippen LogP contribution in [0.2, 0.25) is 0 Å². The second-order valence-electron chi connectivity index (χ2n) is 7.07. The maximum atomic E-state index is 13.1. The number of pyridine rings is 1. The summed E-state index contributed by atoms with van der Waals surface area (Å²) >= 11 is 0. The first kappa shape index (κ1) is 20.5. The van der Waals surface area contributed by atoms with Gasteiger partial charge in [0, 0.05) is 25.4 Å². The van der Waals surface area contributed by atoms with Gasteiger partial charge < -0.3 is 19.5 Å². The van der Waals surface area contributed by atoms with E-state index in [0.29, 0.717) is 23.7 Å². The van der Waals surface area contributed by atoms with E-state index in [-0.39, 0.29) is 24.4 Å². The quantitative estimate of drug-likeness (QED) is 0.618. The molecule has 3 aromatic rings. The fraction of sp³-hybridized carbons (Fsp3) is 0.333. The van der Waals surface area contributed by atoms with Crippen molar-refractivity contribution < 1.29 is 19.0 Å². The molecule has 10 heteroatoms. The van der Waals surface area contributed by atoms with E-state index in [1.54, 1.807) is 24.4 Å². The van der Waals surface area contributed by atoms with Gasteiger partial charge in [-0.15, -0.1) is 0 Å². The zero-order valence-electron chi connectivity index (χ0n) is 17.4. The molecule has 0 saturated carbocycles. The number of fused-ring (bicyclic) bond motifs is 2. The van der Waals surface area contributed by atoms with Gasteiger partial charge in [-0.25, -0.2) is 14.3 Å². The number of aromatic nitrogens is 3. The molecule has 1 amide bonds. The molecule has 2 aromatic heterocycles. The Morgan fingerprint density at radius 1 is 1.26 bits per heavy atom. The van der Waals surface area contributed by atoms with E-state index in [2.05, 4.69) is 10.3 Å². The van der Waals surface area contributed by atoms with E-state index in [9.17, 15) is 14.4 Å². The molecule has 0 saturated heterocycles. The molecular weight excluding hydrogens is 404 g/mol. The van der Waals surface area contributed by atoms with Crippen molar-refractivity contribution in [3.8, 4) is 17.2 Å². The van der Waals surface area contributed by atoms with Gasteiger partial charge in [0.1, 0.15) is 17.7 Å². The molecule has 1 aliphatic heterocycles. The lowest BCUT2D eigenvalue weighted by molar-refractivity contribution is -0.121. The molecule has 0 atom stereocenters. The molecule has 1 N–H and O–H groups in total. The molecule has 1 aliphatic rings. The van der Waals surface area contributed by atoms with Crippen LogP contribution >= 0.6 is 0 Å². The number of rotatable bonds is 6. The minimum absolute atomic E-state index is 0.164. The first-order chi connectivity index (χ1) is 14.9. The van der Waals surface area contributed by atoms with Crippen molar-refractivity contribution in [3.05, 3.63) is 56.4 Å². The lowest BCUT2D eigenvalue weighted by atomic mass is 10.1. The molecule has 4 rings (SSSR count). The normalized spacial score (nSPS) is 12.2. The van der Waals surface area contributed by atoms with E-state index < -0.39 is 23.7 Å². The summed E-state index contributed by atoms with van der Waals surface area (Å²) < 4.78 is 18.2. The highest BCUT2D eigenvalue weighted by atomic mass is 16.7. The highest BCUT2D eigenvalue weighted by Gasteiger charge is 2.20. The van der Waals surface area contributed by atoms with E-state index in [1.807, 2.05) is 6.92 Å². The van der Waals surface area contributed by atoms with Crippen LogP contribution in [-0.2, 0) is 31.4 Å². The molecule has 3 heterocycles. The van der Waals surface area contributed by atoms with Crippen molar-refractivity contribution in [2.45, 2.75) is 26.4 Å². The molecule has 0 aliphatic carbocycles. The summed E-state index contributed by atoms with van der Waals surface area (Å²) in [6.45, 7) is 1.86. The Labute approximate surface area is 177 Å². The number of hydrogen-bond acceptors (Lipinski definition) is 7. The van der Waals surface area contributed by atoms with Crippen LogP contribution in [0.1, 0.15) is 18.1 Å². The molecule has 0 bridgehead atoms. The number of aryl methyl sites for hydroxylation is 2. The first-order valence-corrected chi connectivity index (χ1v) is 9.75. The van der Waals surface area contributed by atoms with Crippen molar-refractivity contribution in [2.75, 3.05) is 13.9 Å². The van der Waals surface area contributed by atoms with Crippen LogP contribution in [0.25, 0.3) is 11.0 Å². The van der Waals surface area contributed by atoms with Crippen LogP contribution in [0.5, 0.6) is 17.2 Å². The zero-order valence-corrected chi connectivity index (χ0v) is 17.4. The highest BCUT2D eigenvalue weighted by Crippen LogP contribution is 2.32. The fourth-order valence-electron chi connectivity index (χ4n) is 3.54. The Kier molecular flexibility index (Phi) is 5.37. The third kappa shape index (κ3) is 3.60. The Morgan fingerprint density at radius 2 is 2.03 bits per heavy atom. The number of ether oxygens (including phenoxy) is 3. The van der Waals surface area contributed by atoms with Crippen LogP contribution in [0.4, 0.5) is 0 Å². The third-order valence-corrected chi connectivity index (χ3v) is 5.19. The number of benzene rings is 1. The summed E-state index contributed by atoms with van der Waals surface area (Å²) in [6, 6.07) is 5.34. The lowest BCUT2D eigenvalue weighted by Crippen LogP contribution is -2.43. The molecule has 0 radical (unpaired) electrons. The Morgan fingerprint density at radius 3 is 2.77 bits per heavy atom. The second kappa shape index (κ2) is 8.13. The Bertz CT molecular complexity index is 1290. The molecule has 162 valence electrons. The number of nitrogens with one attached hydrogen (secondary N) is 1. The molecule has 1 aromatic carbocycles. The zero-order chi connectivity index (χ0) is 22.1. The highest BCUT2D eigenvalue weighted by molar-refractivity contribution is 5.83. The number of hydrogen-bond donors (Lipinski definition) is 1. The summed E-state index contributed by atoms with van der Waals surface area (Å²) in [4.78, 5) is 42.6. The van der Waals surface area contributed by atoms with Crippen LogP contribution < -0.4 is 30.8 Å². The van der Waals surface area contributed by atoms with Crippen molar-refractivity contribution in [2.24, 2.45) is 7.05 Å². The maximum Gasteiger partial charge on any atom is 0.332 e. The van der Waals surface area contributed by atoms with E-state index >= 15 is 0 Å². The summed E-state index contributed by atoms with van der Waals surface area (Å²) in [5.74, 6) is 1.14. The van der Waals surface area contributed by atoms with Crippen LogP contribution in [0.15, 0.2) is 34.0 Å². The predicted octanol–water partition coefficient (Wildman–Crippen LogP) is 0.711. The lowest BCUT2D eigenvalue weighted by Gasteiger charge is -2.14. The van der Waals surface area contributed by atoms with Crippen LogP contribution in [-0.4, -0.2) is 33.9 Å². The summed E-state index contributed by atoms with van der Waals surface area (Å²) in [5.41, 5.74) is 0.506. The van der Waals surface area contributed by atoms with E-state index in [4.69, 9.17) is 14.2 Å². The van der Waals surface area contributed by atoms with Crippen LogP contribution in [0, 0.1) is 0 Å². The average Bonchev–Trinajstić information content (AvgIpc) is 3.25. The van der Waals surface area contributed by atoms with Gasteiger partial charge in [0.05, 0.1) is 7.11 Å². The largest absolute Gasteiger partial charge is 0.495 e. The van der Waals surface area contributed by atoms with E-state index in [1.165, 1.54) is 18.7 Å². The second-order valence-corrected chi connectivity index (χ2v) is 7.07. The Hall–Kier alpha value is -3.82. The van der Waals surface area contributed by atoms with Crippen molar-refractivity contribution in [1.29, 1.82) is 0 Å². The predicted molar refractivity (Wildman–Crippen MR) is 112 cm³/mol. The van der Waals surface area contributed by atoms with Crippen molar-refractivity contribution in [1.82, 2.24) is 19.4 Å². The average molecular weight is 426 g/mol. The first-order valence-electron chi connectivity index (χ1n) is 9.75. The number of methoxy groups -OCH3 is 1. The smallest absolute Gasteiger partial charge is 0.332 e. The summed E-state index contributed by atoms with van der Waals surface area (Å²) in [6.07, 6.45) is 2.19. The molecule has 31 heavy (non-hydrogen) atoms. The minimum Gasteiger partial charge on any atom is -0.495 e. The molecule has 0 unspecified atom stereocenters. The topological polar surface area (TPSA) is 114 Å². The van der Waals surface area contributed by atoms with Gasteiger partial charge >= 0.3 is 5.69 Å². The van der Waals surface area contributed by atoms with Crippen LogP contribution in [0.3, 0.4) is 0 Å². The fourth-order valence-corrected chi connectivity index (χ4v) is 3.54. The van der Waals surface area contributed by atoms with Gasteiger partial charge in [0.2, 0.25) is 12.7 Å². The van der Waals surface area contributed by atoms with Gasteiger partial charge in [-0.2, -0.15) is 0 Å². The Balaban J connectivity index is 1.62. The maximum absolute atomic E-state index is 13.1. The SMILES string of the molecule is CCc1cnc2c(c1OC)c(=O)n(CC(=O)NCc1ccc3c(c1)OCO3)c(=O)n2C. The number of carbonyl (C=O) groups excluding carboxylic acids is 1. The van der Waals surface area contributed by atoms with E-state index in [0.717, 1.165) is 15.7 Å². The summed E-state index contributed by atoms with van der Waals surface area (Å²) in [5, 5.41) is 2.90. The van der Waals surface area contributed by atoms with Gasteiger partial charge in [0.15, 0.2) is 17.1 Å². The van der Waals surface area contributed by atoms with Crippen molar-refractivity contribution in [3.63, 3.8) is 0 Å².